The van der Waals surface area contributed by atoms with Crippen LogP contribution in [0.5, 0.6) is 5.75 Å². The highest BCUT2D eigenvalue weighted by atomic mass is 16.5. The number of aromatic nitrogens is 2. The fraction of sp³-hybridized carbons (Fsp3) is 0.250. The molecule has 2 aromatic carbocycles. The second-order valence-electron chi connectivity index (χ2n) is 7.51. The third kappa shape index (κ3) is 6.06. The molecule has 1 aromatic heterocycles. The summed E-state index contributed by atoms with van der Waals surface area (Å²) >= 11 is 0. The van der Waals surface area contributed by atoms with Crippen molar-refractivity contribution in [1.82, 2.24) is 14.9 Å². The van der Waals surface area contributed by atoms with Gasteiger partial charge in [0.25, 0.3) is 11.1 Å². The first-order valence-electron chi connectivity index (χ1n) is 9.91. The quantitative estimate of drug-likeness (QED) is 0.582. The summed E-state index contributed by atoms with van der Waals surface area (Å²) in [7, 11) is 4.06. The minimum atomic E-state index is -0.350. The highest BCUT2D eigenvalue weighted by Gasteiger charge is 1.99. The maximum atomic E-state index is 12.4. The minimum Gasteiger partial charge on any atom is -0.494 e. The Bertz CT molecular complexity index is 1220. The van der Waals surface area contributed by atoms with Crippen LogP contribution in [0.25, 0.3) is 12.2 Å². The van der Waals surface area contributed by atoms with Crippen molar-refractivity contribution in [2.24, 2.45) is 0 Å². The van der Waals surface area contributed by atoms with Gasteiger partial charge in [-0.05, 0) is 62.9 Å². The Morgan fingerprint density at radius 3 is 2.13 bits per heavy atom. The van der Waals surface area contributed by atoms with Crippen molar-refractivity contribution in [3.8, 4) is 5.75 Å². The average Bonchev–Trinajstić information content (AvgIpc) is 2.70. The van der Waals surface area contributed by atoms with Gasteiger partial charge in [0.1, 0.15) is 16.4 Å². The van der Waals surface area contributed by atoms with E-state index >= 15 is 0 Å². The monoisotopic (exact) mass is 405 g/mol. The molecule has 0 aliphatic carbocycles. The minimum absolute atomic E-state index is 0.209. The molecule has 156 valence electrons. The van der Waals surface area contributed by atoms with Crippen molar-refractivity contribution < 1.29 is 4.74 Å². The van der Waals surface area contributed by atoms with Crippen molar-refractivity contribution in [3.05, 3.63) is 96.6 Å². The van der Waals surface area contributed by atoms with Crippen LogP contribution in [0, 0.1) is 6.92 Å². The number of nitrogens with one attached hydrogen (secondary N) is 2. The highest BCUT2D eigenvalue weighted by Crippen LogP contribution is 2.12. The second kappa shape index (κ2) is 9.89. The van der Waals surface area contributed by atoms with Gasteiger partial charge in [0, 0.05) is 6.54 Å². The van der Waals surface area contributed by atoms with Crippen LogP contribution in [0.3, 0.4) is 0 Å². The summed E-state index contributed by atoms with van der Waals surface area (Å²) in [6.07, 6.45) is 4.26. The third-order valence-corrected chi connectivity index (χ3v) is 4.55. The molecule has 30 heavy (non-hydrogen) atoms. The normalized spacial score (nSPS) is 12.5. The smallest absolute Gasteiger partial charge is 0.272 e. The maximum absolute atomic E-state index is 12.4. The van der Waals surface area contributed by atoms with E-state index in [0.29, 0.717) is 6.61 Å². The van der Waals surface area contributed by atoms with Gasteiger partial charge in [-0.1, -0.05) is 42.0 Å². The number of benzene rings is 2. The molecule has 3 rings (SSSR count). The standard InChI is InChI=1S/C24H27N3O3/c1-17-6-4-7-19(14-17)16-22-24(29)25-21(23(28)26-22)15-18-8-10-20(11-9-18)30-13-5-12-27(2)3/h4,6-11,14-16H,5,12-13H2,1-3H3,(H,25,29)(H,26,28)/b21-15-,22-16-. The van der Waals surface area contributed by atoms with E-state index in [-0.39, 0.29) is 21.8 Å². The van der Waals surface area contributed by atoms with Crippen LogP contribution in [-0.2, 0) is 0 Å². The Morgan fingerprint density at radius 1 is 0.900 bits per heavy atom. The van der Waals surface area contributed by atoms with E-state index in [1.807, 2.05) is 69.6 Å². The molecule has 0 saturated heterocycles. The van der Waals surface area contributed by atoms with Crippen LogP contribution in [0.15, 0.2) is 58.1 Å². The molecule has 6 heteroatoms. The zero-order valence-corrected chi connectivity index (χ0v) is 17.6. The highest BCUT2D eigenvalue weighted by molar-refractivity contribution is 5.50. The lowest BCUT2D eigenvalue weighted by Crippen LogP contribution is -2.46. The Hall–Kier alpha value is -3.38. The molecule has 0 saturated carbocycles. The van der Waals surface area contributed by atoms with Gasteiger partial charge < -0.3 is 19.6 Å². The summed E-state index contributed by atoms with van der Waals surface area (Å²) in [5, 5.41) is 0.435. The second-order valence-corrected chi connectivity index (χ2v) is 7.51. The number of H-pyrrole nitrogens is 2. The Balaban J connectivity index is 1.80. The number of rotatable bonds is 7. The number of hydrogen-bond donors (Lipinski definition) is 2. The van der Waals surface area contributed by atoms with Crippen molar-refractivity contribution in [1.29, 1.82) is 0 Å². The van der Waals surface area contributed by atoms with Crippen LogP contribution in [0.2, 0.25) is 0 Å². The lowest BCUT2D eigenvalue weighted by molar-refractivity contribution is 0.281. The van der Waals surface area contributed by atoms with Crippen molar-refractivity contribution >= 4 is 12.2 Å². The van der Waals surface area contributed by atoms with Crippen LogP contribution in [0.4, 0.5) is 0 Å². The Labute approximate surface area is 175 Å². The van der Waals surface area contributed by atoms with E-state index in [2.05, 4.69) is 14.9 Å². The zero-order valence-electron chi connectivity index (χ0n) is 17.6. The van der Waals surface area contributed by atoms with E-state index in [9.17, 15) is 9.59 Å². The Morgan fingerprint density at radius 2 is 1.53 bits per heavy atom. The van der Waals surface area contributed by atoms with E-state index in [1.54, 1.807) is 12.2 Å². The maximum Gasteiger partial charge on any atom is 0.272 e. The van der Waals surface area contributed by atoms with Gasteiger partial charge in [0.15, 0.2) is 0 Å². The van der Waals surface area contributed by atoms with Crippen LogP contribution >= 0.6 is 0 Å². The summed E-state index contributed by atoms with van der Waals surface area (Å²) in [5.74, 6) is 0.774. The van der Waals surface area contributed by atoms with Crippen LogP contribution in [0.1, 0.15) is 23.1 Å². The number of aromatic amines is 2. The number of aryl methyl sites for hydroxylation is 1. The topological polar surface area (TPSA) is 78.2 Å². The van der Waals surface area contributed by atoms with Crippen molar-refractivity contribution in [3.63, 3.8) is 0 Å². The molecule has 0 spiro atoms. The fourth-order valence-corrected chi connectivity index (χ4v) is 3.02. The summed E-state index contributed by atoms with van der Waals surface area (Å²) in [5.41, 5.74) is 2.04. The summed E-state index contributed by atoms with van der Waals surface area (Å²) in [6.45, 7) is 3.59. The molecule has 0 bridgehead atoms. The molecule has 6 nitrogen and oxygen atoms in total. The molecular formula is C24H27N3O3. The first-order valence-corrected chi connectivity index (χ1v) is 9.91. The average molecular weight is 405 g/mol. The molecule has 0 fully saturated rings. The zero-order chi connectivity index (χ0) is 21.5. The molecule has 0 unspecified atom stereocenters. The molecule has 2 N–H and O–H groups in total. The SMILES string of the molecule is Cc1cccc(/C=c2\[nH]c(=O)/c(=C/c3ccc(OCCCN(C)C)cc3)[nH]c2=O)c1. The van der Waals surface area contributed by atoms with Gasteiger partial charge in [0.2, 0.25) is 0 Å². The van der Waals surface area contributed by atoms with E-state index in [0.717, 1.165) is 35.4 Å². The molecule has 0 atom stereocenters. The van der Waals surface area contributed by atoms with Gasteiger partial charge in [0.05, 0.1) is 6.61 Å². The summed E-state index contributed by atoms with van der Waals surface area (Å²) in [6, 6.07) is 15.1. The van der Waals surface area contributed by atoms with E-state index in [1.165, 1.54) is 0 Å². The number of ether oxygens (including phenoxy) is 1. The molecule has 0 aliphatic rings. The van der Waals surface area contributed by atoms with E-state index < -0.39 is 0 Å². The largest absolute Gasteiger partial charge is 0.494 e. The third-order valence-electron chi connectivity index (χ3n) is 4.55. The predicted octanol–water partition coefficient (Wildman–Crippen LogP) is 1.36. The van der Waals surface area contributed by atoms with Gasteiger partial charge in [-0.15, -0.1) is 0 Å². The molecule has 0 amide bonds. The predicted molar refractivity (Wildman–Crippen MR) is 120 cm³/mol. The molecule has 3 aromatic rings. The van der Waals surface area contributed by atoms with Crippen LogP contribution in [-0.4, -0.2) is 42.1 Å². The molecular weight excluding hydrogens is 378 g/mol. The van der Waals surface area contributed by atoms with Gasteiger partial charge in [-0.3, -0.25) is 9.59 Å². The lowest BCUT2D eigenvalue weighted by Gasteiger charge is -2.10. The first-order chi connectivity index (χ1) is 14.4. The molecule has 0 aliphatic heterocycles. The first kappa shape index (κ1) is 21.3. The Kier molecular flexibility index (Phi) is 7.03. The van der Waals surface area contributed by atoms with Crippen molar-refractivity contribution in [2.75, 3.05) is 27.2 Å². The fourth-order valence-electron chi connectivity index (χ4n) is 3.02. The number of nitrogens with zero attached hydrogens (tertiary/aromatic N) is 1. The summed E-state index contributed by atoms with van der Waals surface area (Å²) in [4.78, 5) is 32.3. The van der Waals surface area contributed by atoms with Crippen molar-refractivity contribution in [2.45, 2.75) is 13.3 Å². The molecule has 0 radical (unpaired) electrons. The van der Waals surface area contributed by atoms with Gasteiger partial charge in [-0.25, -0.2) is 0 Å². The summed E-state index contributed by atoms with van der Waals surface area (Å²) < 4.78 is 5.71. The molecule has 1 heterocycles. The van der Waals surface area contributed by atoms with Crippen LogP contribution < -0.4 is 26.6 Å². The van der Waals surface area contributed by atoms with E-state index in [4.69, 9.17) is 4.74 Å². The van der Waals surface area contributed by atoms with Gasteiger partial charge in [-0.2, -0.15) is 0 Å². The lowest BCUT2D eigenvalue weighted by atomic mass is 10.1. The number of hydrogen-bond acceptors (Lipinski definition) is 4. The van der Waals surface area contributed by atoms with Gasteiger partial charge >= 0.3 is 0 Å².